The summed E-state index contributed by atoms with van der Waals surface area (Å²) in [6.45, 7) is 10.3. The third-order valence-corrected chi connectivity index (χ3v) is 6.65. The summed E-state index contributed by atoms with van der Waals surface area (Å²) in [7, 11) is 1.85. The van der Waals surface area contributed by atoms with E-state index in [1.54, 1.807) is 22.8 Å². The van der Waals surface area contributed by atoms with Crippen LogP contribution in [0, 0.1) is 16.3 Å². The van der Waals surface area contributed by atoms with Gasteiger partial charge in [0.15, 0.2) is 0 Å². The summed E-state index contributed by atoms with van der Waals surface area (Å²) < 4.78 is 21.1. The molecule has 0 spiro atoms. The van der Waals surface area contributed by atoms with Crippen molar-refractivity contribution in [2.45, 2.75) is 52.3 Å². The molecule has 0 aliphatic carbocycles. The summed E-state index contributed by atoms with van der Waals surface area (Å²) in [5, 5.41) is 0. The minimum Gasteiger partial charge on any atom is -0.444 e. The SMILES string of the molecule is Cc1ccc(C(C(=O)N2CCN(C(=O)OC(C)(C)C)[C@H](C)C2)N(C)c2ccc(I)cc2)cc1F. The predicted molar refractivity (Wildman–Crippen MR) is 140 cm³/mol. The number of nitrogens with zero attached hydrogens (tertiary/aromatic N) is 3. The van der Waals surface area contributed by atoms with Crippen molar-refractivity contribution in [2.75, 3.05) is 31.6 Å². The molecule has 3 rings (SSSR count). The largest absolute Gasteiger partial charge is 0.444 e. The number of hydrogen-bond acceptors (Lipinski definition) is 4. The van der Waals surface area contributed by atoms with Gasteiger partial charge < -0.3 is 19.4 Å². The fraction of sp³-hybridized carbons (Fsp3) is 0.462. The standard InChI is InChI=1S/C26H33FIN3O3/c1-17-7-8-19(15-22(17)27)23(29(6)21-11-9-20(28)10-12-21)24(32)30-13-14-31(18(2)16-30)25(33)34-26(3,4)5/h7-12,15,18,23H,13-14,16H2,1-6H3/t18-,23?/m1/s1. The molecule has 1 heterocycles. The summed E-state index contributed by atoms with van der Waals surface area (Å²) in [5.41, 5.74) is 1.41. The third kappa shape index (κ3) is 6.20. The van der Waals surface area contributed by atoms with Gasteiger partial charge in [-0.25, -0.2) is 9.18 Å². The Morgan fingerprint density at radius 2 is 1.79 bits per heavy atom. The van der Waals surface area contributed by atoms with E-state index in [0.717, 1.165) is 9.26 Å². The van der Waals surface area contributed by atoms with E-state index in [4.69, 9.17) is 4.74 Å². The maximum atomic E-state index is 14.5. The maximum Gasteiger partial charge on any atom is 0.410 e. The lowest BCUT2D eigenvalue weighted by Crippen LogP contribution is -2.57. The Bertz CT molecular complexity index is 1040. The Labute approximate surface area is 215 Å². The van der Waals surface area contributed by atoms with Crippen LogP contribution >= 0.6 is 22.6 Å². The first-order valence-corrected chi connectivity index (χ1v) is 12.5. The van der Waals surface area contributed by atoms with E-state index in [1.165, 1.54) is 6.07 Å². The van der Waals surface area contributed by atoms with Gasteiger partial charge in [-0.3, -0.25) is 4.79 Å². The summed E-state index contributed by atoms with van der Waals surface area (Å²) in [5.74, 6) is -0.464. The van der Waals surface area contributed by atoms with Crippen molar-refractivity contribution in [3.05, 3.63) is 63.0 Å². The first kappa shape index (κ1) is 26.2. The number of anilines is 1. The highest BCUT2D eigenvalue weighted by molar-refractivity contribution is 14.1. The number of piperazine rings is 1. The Kier molecular flexibility index (Phi) is 8.10. The predicted octanol–water partition coefficient (Wildman–Crippen LogP) is 5.38. The molecular weight excluding hydrogens is 548 g/mol. The lowest BCUT2D eigenvalue weighted by Gasteiger charge is -2.42. The molecule has 0 aromatic heterocycles. The molecule has 34 heavy (non-hydrogen) atoms. The Hall–Kier alpha value is -2.36. The number of halogens is 2. The molecule has 1 aliphatic heterocycles. The average molecular weight is 581 g/mol. The number of carbonyl (C=O) groups is 2. The van der Waals surface area contributed by atoms with Crippen LogP contribution in [-0.4, -0.2) is 60.1 Å². The fourth-order valence-electron chi connectivity index (χ4n) is 4.06. The molecule has 1 aliphatic rings. The first-order chi connectivity index (χ1) is 15.9. The van der Waals surface area contributed by atoms with Crippen LogP contribution in [0.4, 0.5) is 14.9 Å². The number of carbonyl (C=O) groups excluding carboxylic acids is 2. The van der Waals surface area contributed by atoms with Crippen molar-refractivity contribution in [3.63, 3.8) is 0 Å². The van der Waals surface area contributed by atoms with Gasteiger partial charge in [0.2, 0.25) is 5.91 Å². The molecular formula is C26H33FIN3O3. The fourth-order valence-corrected chi connectivity index (χ4v) is 4.42. The average Bonchev–Trinajstić information content (AvgIpc) is 2.75. The van der Waals surface area contributed by atoms with Crippen LogP contribution in [0.25, 0.3) is 0 Å². The minimum absolute atomic E-state index is 0.125. The van der Waals surface area contributed by atoms with Crippen LogP contribution in [0.15, 0.2) is 42.5 Å². The molecule has 6 nitrogen and oxygen atoms in total. The Morgan fingerprint density at radius 1 is 1.15 bits per heavy atom. The molecule has 1 unspecified atom stereocenters. The van der Waals surface area contributed by atoms with Crippen LogP contribution in [-0.2, 0) is 9.53 Å². The molecule has 8 heteroatoms. The van der Waals surface area contributed by atoms with Gasteiger partial charge in [-0.15, -0.1) is 0 Å². The van der Waals surface area contributed by atoms with E-state index in [2.05, 4.69) is 22.6 Å². The van der Waals surface area contributed by atoms with Crippen molar-refractivity contribution in [2.24, 2.45) is 0 Å². The minimum atomic E-state index is -0.699. The molecule has 2 aromatic rings. The first-order valence-electron chi connectivity index (χ1n) is 11.4. The van der Waals surface area contributed by atoms with Gasteiger partial charge in [-0.1, -0.05) is 12.1 Å². The summed E-state index contributed by atoms with van der Waals surface area (Å²) in [6.07, 6.45) is -0.375. The second-order valence-corrected chi connectivity index (χ2v) is 11.1. The van der Waals surface area contributed by atoms with E-state index in [0.29, 0.717) is 30.8 Å². The quantitative estimate of drug-likeness (QED) is 0.455. The van der Waals surface area contributed by atoms with Gasteiger partial charge in [0.1, 0.15) is 17.5 Å². The molecule has 0 N–H and O–H groups in total. The van der Waals surface area contributed by atoms with E-state index in [9.17, 15) is 14.0 Å². The number of hydrogen-bond donors (Lipinski definition) is 0. The van der Waals surface area contributed by atoms with Gasteiger partial charge in [0.25, 0.3) is 0 Å². The lowest BCUT2D eigenvalue weighted by atomic mass is 10.0. The maximum absolute atomic E-state index is 14.5. The monoisotopic (exact) mass is 581 g/mol. The molecule has 0 saturated carbocycles. The lowest BCUT2D eigenvalue weighted by molar-refractivity contribution is -0.135. The zero-order valence-electron chi connectivity index (χ0n) is 20.6. The van der Waals surface area contributed by atoms with Gasteiger partial charge in [0.05, 0.1) is 0 Å². The molecule has 0 bridgehead atoms. The molecule has 2 amide bonds. The zero-order valence-corrected chi connectivity index (χ0v) is 22.8. The highest BCUT2D eigenvalue weighted by Crippen LogP contribution is 2.30. The van der Waals surface area contributed by atoms with E-state index in [-0.39, 0.29) is 23.9 Å². The van der Waals surface area contributed by atoms with E-state index >= 15 is 0 Å². The van der Waals surface area contributed by atoms with E-state index in [1.807, 2.05) is 70.0 Å². The summed E-state index contributed by atoms with van der Waals surface area (Å²) in [4.78, 5) is 31.8. The second kappa shape index (κ2) is 10.5. The van der Waals surface area contributed by atoms with Crippen molar-refractivity contribution in [3.8, 4) is 0 Å². The normalized spacial score (nSPS) is 17.4. The summed E-state index contributed by atoms with van der Waals surface area (Å²) >= 11 is 2.24. The van der Waals surface area contributed by atoms with Crippen LogP contribution in [0.2, 0.25) is 0 Å². The number of aryl methyl sites for hydroxylation is 1. The van der Waals surface area contributed by atoms with Crippen molar-refractivity contribution in [1.29, 1.82) is 0 Å². The number of benzene rings is 2. The zero-order chi connectivity index (χ0) is 25.2. The van der Waals surface area contributed by atoms with E-state index < -0.39 is 11.6 Å². The molecule has 2 atom stereocenters. The van der Waals surface area contributed by atoms with Crippen LogP contribution < -0.4 is 4.90 Å². The Morgan fingerprint density at radius 3 is 2.35 bits per heavy atom. The third-order valence-electron chi connectivity index (χ3n) is 5.93. The van der Waals surface area contributed by atoms with Crippen molar-refractivity contribution in [1.82, 2.24) is 9.80 Å². The second-order valence-electron chi connectivity index (χ2n) is 9.81. The summed E-state index contributed by atoms with van der Waals surface area (Å²) in [6, 6.07) is 11.9. The van der Waals surface area contributed by atoms with Gasteiger partial charge in [-0.2, -0.15) is 0 Å². The molecule has 0 radical (unpaired) electrons. The number of amides is 2. The van der Waals surface area contributed by atoms with Crippen LogP contribution in [0.1, 0.15) is 44.9 Å². The number of likely N-dealkylation sites (N-methyl/N-ethyl adjacent to an activating group) is 1. The highest BCUT2D eigenvalue weighted by Gasteiger charge is 2.36. The number of ether oxygens (including phenoxy) is 1. The molecule has 184 valence electrons. The number of rotatable bonds is 4. The van der Waals surface area contributed by atoms with Gasteiger partial charge >= 0.3 is 6.09 Å². The van der Waals surface area contributed by atoms with Crippen LogP contribution in [0.3, 0.4) is 0 Å². The topological polar surface area (TPSA) is 53.1 Å². The molecule has 1 saturated heterocycles. The van der Waals surface area contributed by atoms with Crippen molar-refractivity contribution < 1.29 is 18.7 Å². The molecule has 2 aromatic carbocycles. The Balaban J connectivity index is 1.86. The van der Waals surface area contributed by atoms with Crippen molar-refractivity contribution >= 4 is 40.3 Å². The smallest absolute Gasteiger partial charge is 0.410 e. The molecule has 1 fully saturated rings. The van der Waals surface area contributed by atoms with Gasteiger partial charge in [0, 0.05) is 42.0 Å². The highest BCUT2D eigenvalue weighted by atomic mass is 127. The van der Waals surface area contributed by atoms with Gasteiger partial charge in [-0.05, 0) is 98.7 Å². The van der Waals surface area contributed by atoms with Crippen LogP contribution in [0.5, 0.6) is 0 Å².